The first-order chi connectivity index (χ1) is 10.5. The lowest BCUT2D eigenvalue weighted by Gasteiger charge is -2.37. The summed E-state index contributed by atoms with van der Waals surface area (Å²) in [6.07, 6.45) is 0.365. The standard InChI is InChI=1S/C15H27NO6/c1-5-19-11(4)22-12-8-9-15(16-10-12,13(17)20-6-2)14(18)21-7-3/h11-12,16H,5-10H2,1-4H3. The summed E-state index contributed by atoms with van der Waals surface area (Å²) in [4.78, 5) is 24.4. The molecule has 0 aromatic heterocycles. The van der Waals surface area contributed by atoms with Gasteiger partial charge in [0.05, 0.1) is 19.3 Å². The number of rotatable bonds is 8. The second kappa shape index (κ2) is 9.07. The summed E-state index contributed by atoms with van der Waals surface area (Å²) in [5.74, 6) is -1.19. The molecule has 7 nitrogen and oxygen atoms in total. The molecule has 0 aromatic rings. The van der Waals surface area contributed by atoms with E-state index in [0.717, 1.165) is 0 Å². The van der Waals surface area contributed by atoms with E-state index in [-0.39, 0.29) is 32.0 Å². The summed E-state index contributed by atoms with van der Waals surface area (Å²) in [6, 6.07) is 0. The molecule has 0 saturated carbocycles. The van der Waals surface area contributed by atoms with Crippen LogP contribution in [-0.2, 0) is 28.5 Å². The van der Waals surface area contributed by atoms with Crippen LogP contribution in [0.1, 0.15) is 40.5 Å². The Morgan fingerprint density at radius 1 is 1.14 bits per heavy atom. The van der Waals surface area contributed by atoms with Gasteiger partial charge < -0.3 is 18.9 Å². The maximum Gasteiger partial charge on any atom is 0.338 e. The Morgan fingerprint density at radius 2 is 1.73 bits per heavy atom. The van der Waals surface area contributed by atoms with Crippen LogP contribution in [0.25, 0.3) is 0 Å². The lowest BCUT2D eigenvalue weighted by Crippen LogP contribution is -2.64. The first kappa shape index (κ1) is 18.9. The Labute approximate surface area is 131 Å². The van der Waals surface area contributed by atoms with E-state index >= 15 is 0 Å². The highest BCUT2D eigenvalue weighted by molar-refractivity contribution is 6.05. The molecule has 0 spiro atoms. The Kier molecular flexibility index (Phi) is 7.78. The summed E-state index contributed by atoms with van der Waals surface area (Å²) in [7, 11) is 0. The summed E-state index contributed by atoms with van der Waals surface area (Å²) in [6.45, 7) is 8.47. The van der Waals surface area contributed by atoms with Crippen molar-refractivity contribution >= 4 is 11.9 Å². The van der Waals surface area contributed by atoms with Crippen molar-refractivity contribution in [3.05, 3.63) is 0 Å². The van der Waals surface area contributed by atoms with Crippen molar-refractivity contribution in [3.63, 3.8) is 0 Å². The fourth-order valence-electron chi connectivity index (χ4n) is 2.46. The van der Waals surface area contributed by atoms with Crippen LogP contribution >= 0.6 is 0 Å². The topological polar surface area (TPSA) is 83.1 Å². The lowest BCUT2D eigenvalue weighted by molar-refractivity contribution is -0.179. The lowest BCUT2D eigenvalue weighted by atomic mass is 9.87. The molecule has 1 saturated heterocycles. The second-order valence-corrected chi connectivity index (χ2v) is 5.05. The zero-order valence-corrected chi connectivity index (χ0v) is 13.8. The van der Waals surface area contributed by atoms with Gasteiger partial charge in [0, 0.05) is 13.2 Å². The van der Waals surface area contributed by atoms with Crippen molar-refractivity contribution in [2.45, 2.75) is 58.5 Å². The third-order valence-electron chi connectivity index (χ3n) is 3.51. The Morgan fingerprint density at radius 3 is 2.14 bits per heavy atom. The third kappa shape index (κ3) is 4.66. The zero-order valence-electron chi connectivity index (χ0n) is 13.8. The van der Waals surface area contributed by atoms with E-state index in [1.165, 1.54) is 0 Å². The highest BCUT2D eigenvalue weighted by Crippen LogP contribution is 2.25. The number of nitrogens with one attached hydrogen (secondary N) is 1. The zero-order chi connectivity index (χ0) is 16.6. The van der Waals surface area contributed by atoms with E-state index < -0.39 is 17.5 Å². The van der Waals surface area contributed by atoms with Crippen molar-refractivity contribution in [2.24, 2.45) is 0 Å². The van der Waals surface area contributed by atoms with Crippen LogP contribution in [0.15, 0.2) is 0 Å². The molecule has 1 heterocycles. The van der Waals surface area contributed by atoms with E-state index in [1.807, 2.05) is 13.8 Å². The second-order valence-electron chi connectivity index (χ2n) is 5.05. The fourth-order valence-corrected chi connectivity index (χ4v) is 2.46. The Hall–Kier alpha value is -1.18. The fraction of sp³-hybridized carbons (Fsp3) is 0.867. The first-order valence-electron chi connectivity index (χ1n) is 7.86. The Bertz CT molecular complexity index is 345. The summed E-state index contributed by atoms with van der Waals surface area (Å²) in [5, 5.41) is 2.97. The van der Waals surface area contributed by atoms with Crippen molar-refractivity contribution < 1.29 is 28.5 Å². The molecule has 2 unspecified atom stereocenters. The number of piperidine rings is 1. The van der Waals surface area contributed by atoms with Crippen LogP contribution < -0.4 is 5.32 Å². The number of carbonyl (C=O) groups excluding carboxylic acids is 2. The molecule has 0 bridgehead atoms. The van der Waals surface area contributed by atoms with Gasteiger partial charge in [-0.1, -0.05) is 0 Å². The van der Waals surface area contributed by atoms with Gasteiger partial charge in [-0.15, -0.1) is 0 Å². The van der Waals surface area contributed by atoms with Crippen molar-refractivity contribution in [3.8, 4) is 0 Å². The SMILES string of the molecule is CCOC(=O)C1(C(=O)OCC)CCC(OC(C)OCC)CN1. The van der Waals surface area contributed by atoms with Gasteiger partial charge in [-0.25, -0.2) is 9.59 Å². The molecule has 1 aliphatic heterocycles. The van der Waals surface area contributed by atoms with Gasteiger partial charge in [0.1, 0.15) is 0 Å². The van der Waals surface area contributed by atoms with Crippen molar-refractivity contribution in [1.82, 2.24) is 5.32 Å². The highest BCUT2D eigenvalue weighted by atomic mass is 16.7. The quantitative estimate of drug-likeness (QED) is 0.406. The predicted octanol–water partition coefficient (Wildman–Crippen LogP) is 1.00. The number of carbonyl (C=O) groups is 2. The Balaban J connectivity index is 2.70. The van der Waals surface area contributed by atoms with E-state index in [1.54, 1.807) is 13.8 Å². The number of hydrogen-bond acceptors (Lipinski definition) is 7. The van der Waals surface area contributed by atoms with Gasteiger partial charge in [-0.2, -0.15) is 0 Å². The average molecular weight is 317 g/mol. The average Bonchev–Trinajstić information content (AvgIpc) is 2.48. The van der Waals surface area contributed by atoms with Gasteiger partial charge >= 0.3 is 11.9 Å². The first-order valence-corrected chi connectivity index (χ1v) is 7.86. The maximum atomic E-state index is 12.2. The van der Waals surface area contributed by atoms with Crippen LogP contribution in [-0.4, -0.2) is 56.2 Å². The largest absolute Gasteiger partial charge is 0.464 e. The summed E-state index contributed by atoms with van der Waals surface area (Å²) in [5.41, 5.74) is -1.43. The molecule has 0 amide bonds. The van der Waals surface area contributed by atoms with Gasteiger partial charge in [-0.3, -0.25) is 5.32 Å². The van der Waals surface area contributed by atoms with E-state index in [4.69, 9.17) is 18.9 Å². The molecule has 2 atom stereocenters. The van der Waals surface area contributed by atoms with E-state index in [9.17, 15) is 9.59 Å². The molecule has 128 valence electrons. The molecule has 1 fully saturated rings. The van der Waals surface area contributed by atoms with E-state index in [2.05, 4.69) is 5.32 Å². The maximum absolute atomic E-state index is 12.2. The van der Waals surface area contributed by atoms with Crippen molar-refractivity contribution in [1.29, 1.82) is 0 Å². The number of esters is 2. The van der Waals surface area contributed by atoms with Crippen molar-refractivity contribution in [2.75, 3.05) is 26.4 Å². The summed E-state index contributed by atoms with van der Waals surface area (Å²) >= 11 is 0. The van der Waals surface area contributed by atoms with Crippen LogP contribution in [0, 0.1) is 0 Å². The minimum atomic E-state index is -1.43. The number of hydrogen-bond donors (Lipinski definition) is 1. The molecule has 1 rings (SSSR count). The molecule has 1 N–H and O–H groups in total. The molecule has 22 heavy (non-hydrogen) atoms. The van der Waals surface area contributed by atoms with Crippen LogP contribution in [0.5, 0.6) is 0 Å². The molecule has 1 aliphatic rings. The molecular formula is C15H27NO6. The van der Waals surface area contributed by atoms with Crippen LogP contribution in [0.4, 0.5) is 0 Å². The highest BCUT2D eigenvalue weighted by Gasteiger charge is 2.51. The molecular weight excluding hydrogens is 290 g/mol. The molecule has 0 radical (unpaired) electrons. The van der Waals surface area contributed by atoms with Crippen LogP contribution in [0.2, 0.25) is 0 Å². The van der Waals surface area contributed by atoms with Gasteiger partial charge in [0.15, 0.2) is 6.29 Å². The predicted molar refractivity (Wildman–Crippen MR) is 79.2 cm³/mol. The van der Waals surface area contributed by atoms with E-state index in [0.29, 0.717) is 19.6 Å². The normalized spacial score (nSPS) is 21.9. The molecule has 7 heteroatoms. The molecule has 0 aromatic carbocycles. The molecule has 0 aliphatic carbocycles. The van der Waals surface area contributed by atoms with Crippen LogP contribution in [0.3, 0.4) is 0 Å². The van der Waals surface area contributed by atoms with Gasteiger partial charge in [-0.05, 0) is 40.5 Å². The monoisotopic (exact) mass is 317 g/mol. The van der Waals surface area contributed by atoms with Gasteiger partial charge in [0.25, 0.3) is 0 Å². The minimum Gasteiger partial charge on any atom is -0.464 e. The number of ether oxygens (including phenoxy) is 4. The minimum absolute atomic E-state index is 0.126. The smallest absolute Gasteiger partial charge is 0.338 e. The summed E-state index contributed by atoms with van der Waals surface area (Å²) < 4.78 is 21.1. The van der Waals surface area contributed by atoms with Gasteiger partial charge in [0.2, 0.25) is 5.54 Å². The third-order valence-corrected chi connectivity index (χ3v) is 3.51.